The summed E-state index contributed by atoms with van der Waals surface area (Å²) in [5, 5.41) is 20.3. The normalized spacial score (nSPS) is 11.8. The molecule has 0 radical (unpaired) electrons. The third-order valence-corrected chi connectivity index (χ3v) is 4.21. The van der Waals surface area contributed by atoms with E-state index in [-0.39, 0.29) is 28.4 Å². The minimum Gasteiger partial charge on any atom is -0.493 e. The Kier molecular flexibility index (Phi) is 7.92. The zero-order chi connectivity index (χ0) is 22.3. The molecule has 2 rings (SSSR count). The van der Waals surface area contributed by atoms with E-state index in [4.69, 9.17) is 21.7 Å². The van der Waals surface area contributed by atoms with E-state index in [2.05, 4.69) is 17.1 Å². The van der Waals surface area contributed by atoms with E-state index in [9.17, 15) is 23.3 Å². The van der Waals surface area contributed by atoms with Gasteiger partial charge in [-0.15, -0.1) is 5.10 Å². The van der Waals surface area contributed by atoms with Crippen LogP contribution in [0.3, 0.4) is 0 Å². The molecule has 9 nitrogen and oxygen atoms in total. The van der Waals surface area contributed by atoms with Crippen LogP contribution in [0.5, 0.6) is 11.5 Å². The molecule has 30 heavy (non-hydrogen) atoms. The Labute approximate surface area is 174 Å². The predicted octanol–water partition coefficient (Wildman–Crippen LogP) is 4.72. The maximum absolute atomic E-state index is 13.0. The first kappa shape index (κ1) is 23.3. The van der Waals surface area contributed by atoms with Gasteiger partial charge in [-0.2, -0.15) is 22.9 Å². The van der Waals surface area contributed by atoms with Gasteiger partial charge in [-0.3, -0.25) is 10.1 Å². The third-order valence-electron chi connectivity index (χ3n) is 3.94. The number of H-pyrrole nitrogens is 1. The molecular weight excluding hydrogens is 427 g/mol. The van der Waals surface area contributed by atoms with Crippen molar-refractivity contribution in [3.8, 4) is 11.5 Å². The molecule has 0 aliphatic rings. The molecular formula is C17H20F3N5O4S. The van der Waals surface area contributed by atoms with Crippen molar-refractivity contribution in [3.63, 3.8) is 0 Å². The number of unbranched alkanes of at least 4 members (excludes halogenated alkanes) is 3. The van der Waals surface area contributed by atoms with Crippen molar-refractivity contribution in [2.24, 2.45) is 5.10 Å². The summed E-state index contributed by atoms with van der Waals surface area (Å²) in [4.78, 5) is 10.8. The van der Waals surface area contributed by atoms with E-state index in [1.54, 1.807) is 0 Å². The summed E-state index contributed by atoms with van der Waals surface area (Å²) in [6, 6.07) is 2.50. The number of methoxy groups -OCH3 is 1. The smallest absolute Gasteiger partial charge is 0.453 e. The maximum Gasteiger partial charge on any atom is 0.453 e. The van der Waals surface area contributed by atoms with Gasteiger partial charge in [0.2, 0.25) is 10.5 Å². The molecule has 13 heteroatoms. The molecule has 0 saturated carbocycles. The Hall–Kier alpha value is -2.96. The van der Waals surface area contributed by atoms with Gasteiger partial charge in [-0.1, -0.05) is 26.2 Å². The highest BCUT2D eigenvalue weighted by Gasteiger charge is 2.37. The molecule has 164 valence electrons. The highest BCUT2D eigenvalue weighted by Crippen LogP contribution is 2.38. The number of ether oxygens (including phenoxy) is 2. The van der Waals surface area contributed by atoms with Gasteiger partial charge in [-0.25, -0.2) is 5.10 Å². The summed E-state index contributed by atoms with van der Waals surface area (Å²) >= 11 is 4.75. The van der Waals surface area contributed by atoms with Crippen LogP contribution in [0.2, 0.25) is 0 Å². The van der Waals surface area contributed by atoms with Crippen molar-refractivity contribution in [3.05, 3.63) is 38.4 Å². The third kappa shape index (κ3) is 5.78. The Morgan fingerprint density at radius 3 is 2.70 bits per heavy atom. The SMILES string of the molecule is CCCCCCOc1c(OC)cc(/C=N\n2c(C(F)(F)F)n[nH]c2=S)cc1[N+](=O)[O-]. The van der Waals surface area contributed by atoms with E-state index in [1.807, 2.05) is 5.10 Å². The predicted molar refractivity (Wildman–Crippen MR) is 105 cm³/mol. The van der Waals surface area contributed by atoms with Crippen LogP contribution in [0.4, 0.5) is 18.9 Å². The molecule has 1 N–H and O–H groups in total. The van der Waals surface area contributed by atoms with Crippen molar-refractivity contribution < 1.29 is 27.6 Å². The van der Waals surface area contributed by atoms with Crippen LogP contribution in [0, 0.1) is 14.9 Å². The average molecular weight is 447 g/mol. The van der Waals surface area contributed by atoms with Gasteiger partial charge in [0.15, 0.2) is 5.75 Å². The van der Waals surface area contributed by atoms with E-state index in [0.29, 0.717) is 4.68 Å². The Balaban J connectivity index is 2.36. The van der Waals surface area contributed by atoms with Gasteiger partial charge in [0.25, 0.3) is 5.82 Å². The van der Waals surface area contributed by atoms with E-state index < -0.39 is 22.6 Å². The number of hydrogen-bond acceptors (Lipinski definition) is 7. The lowest BCUT2D eigenvalue weighted by molar-refractivity contribution is -0.386. The van der Waals surface area contributed by atoms with Crippen molar-refractivity contribution >= 4 is 24.1 Å². The Morgan fingerprint density at radius 1 is 1.37 bits per heavy atom. The molecule has 0 aliphatic heterocycles. The number of aromatic amines is 1. The minimum atomic E-state index is -4.79. The van der Waals surface area contributed by atoms with E-state index >= 15 is 0 Å². The Bertz CT molecular complexity index is 971. The fraction of sp³-hybridized carbons (Fsp3) is 0.471. The number of nitrogens with one attached hydrogen (secondary N) is 1. The summed E-state index contributed by atoms with van der Waals surface area (Å²) in [5.41, 5.74) is -0.272. The first-order chi connectivity index (χ1) is 14.2. The summed E-state index contributed by atoms with van der Waals surface area (Å²) in [6.45, 7) is 2.33. The number of halogens is 3. The number of nitro groups is 1. The molecule has 0 aliphatic carbocycles. The summed E-state index contributed by atoms with van der Waals surface area (Å²) < 4.78 is 49.7. The number of rotatable bonds is 10. The van der Waals surface area contributed by atoms with Crippen LogP contribution < -0.4 is 9.47 Å². The Morgan fingerprint density at radius 2 is 2.10 bits per heavy atom. The van der Waals surface area contributed by atoms with Gasteiger partial charge >= 0.3 is 11.9 Å². The number of hydrogen-bond donors (Lipinski definition) is 1. The molecule has 0 spiro atoms. The van der Waals surface area contributed by atoms with Gasteiger partial charge in [0.05, 0.1) is 24.9 Å². The van der Waals surface area contributed by atoms with Crippen molar-refractivity contribution in [1.29, 1.82) is 0 Å². The lowest BCUT2D eigenvalue weighted by atomic mass is 10.1. The summed E-state index contributed by atoms with van der Waals surface area (Å²) in [5.74, 6) is -1.34. The zero-order valence-electron chi connectivity index (χ0n) is 16.2. The molecule has 0 bridgehead atoms. The number of nitrogens with zero attached hydrogens (tertiary/aromatic N) is 4. The maximum atomic E-state index is 13.0. The number of aromatic nitrogens is 3. The van der Waals surface area contributed by atoms with Gasteiger partial charge in [0.1, 0.15) is 0 Å². The largest absolute Gasteiger partial charge is 0.493 e. The van der Waals surface area contributed by atoms with E-state index in [0.717, 1.165) is 38.0 Å². The molecule has 1 heterocycles. The first-order valence-corrected chi connectivity index (χ1v) is 9.38. The second-order valence-corrected chi connectivity index (χ2v) is 6.53. The fourth-order valence-corrected chi connectivity index (χ4v) is 2.70. The lowest BCUT2D eigenvalue weighted by Gasteiger charge is -2.12. The standard InChI is InChI=1S/C17H20F3N5O4S/c1-3-4-5-6-7-29-14-12(25(26)27)8-11(9-13(14)28-2)10-21-24-15(17(18,19)20)22-23-16(24)30/h8-10H,3-7H2,1-2H3,(H,23,30)/b21-10-. The molecule has 0 amide bonds. The molecule has 2 aromatic rings. The summed E-state index contributed by atoms with van der Waals surface area (Å²) in [6.07, 6.45) is -0.103. The average Bonchev–Trinajstić information content (AvgIpc) is 3.07. The quantitative estimate of drug-likeness (QED) is 0.186. The van der Waals surface area contributed by atoms with Gasteiger partial charge in [0, 0.05) is 11.6 Å². The summed E-state index contributed by atoms with van der Waals surface area (Å²) in [7, 11) is 1.30. The van der Waals surface area contributed by atoms with Crippen LogP contribution in [0.1, 0.15) is 44.0 Å². The van der Waals surface area contributed by atoms with E-state index in [1.165, 1.54) is 13.2 Å². The number of alkyl halides is 3. The second kappa shape index (κ2) is 10.2. The highest BCUT2D eigenvalue weighted by molar-refractivity contribution is 7.71. The topological polar surface area (TPSA) is 108 Å². The molecule has 1 aromatic heterocycles. The molecule has 0 atom stereocenters. The molecule has 0 fully saturated rings. The number of nitro benzene ring substituents is 1. The van der Waals surface area contributed by atoms with Gasteiger partial charge < -0.3 is 9.47 Å². The molecule has 0 saturated heterocycles. The monoisotopic (exact) mass is 447 g/mol. The van der Waals surface area contributed by atoms with Crippen LogP contribution in [0.25, 0.3) is 0 Å². The van der Waals surface area contributed by atoms with Crippen LogP contribution in [-0.4, -0.2) is 39.7 Å². The first-order valence-electron chi connectivity index (χ1n) is 8.97. The fourth-order valence-electron chi connectivity index (χ4n) is 2.52. The minimum absolute atomic E-state index is 0.0490. The zero-order valence-corrected chi connectivity index (χ0v) is 17.0. The van der Waals surface area contributed by atoms with Crippen LogP contribution in [0.15, 0.2) is 17.2 Å². The number of benzene rings is 1. The van der Waals surface area contributed by atoms with Crippen molar-refractivity contribution in [1.82, 2.24) is 14.9 Å². The van der Waals surface area contributed by atoms with Crippen molar-refractivity contribution in [2.45, 2.75) is 38.8 Å². The lowest BCUT2D eigenvalue weighted by Crippen LogP contribution is -2.12. The molecule has 0 unspecified atom stereocenters. The van der Waals surface area contributed by atoms with Crippen LogP contribution in [-0.2, 0) is 6.18 Å². The van der Waals surface area contributed by atoms with Gasteiger partial charge in [-0.05, 0) is 24.7 Å². The molecule has 1 aromatic carbocycles. The van der Waals surface area contributed by atoms with Crippen LogP contribution >= 0.6 is 12.2 Å². The van der Waals surface area contributed by atoms with Crippen molar-refractivity contribution in [2.75, 3.05) is 13.7 Å². The second-order valence-electron chi connectivity index (χ2n) is 6.14. The highest BCUT2D eigenvalue weighted by atomic mass is 32.1.